The van der Waals surface area contributed by atoms with Gasteiger partial charge >= 0.3 is 0 Å². The number of benzene rings is 3. The van der Waals surface area contributed by atoms with E-state index in [0.29, 0.717) is 16.5 Å². The Labute approximate surface area is 211 Å². The summed E-state index contributed by atoms with van der Waals surface area (Å²) in [6, 6.07) is 23.7. The first kappa shape index (κ1) is 25.8. The number of nitrogens with zero attached hydrogens (tertiary/aromatic N) is 1. The lowest BCUT2D eigenvalue weighted by molar-refractivity contribution is -0.141. The molecule has 0 aliphatic heterocycles. The number of amides is 2. The Hall–Kier alpha value is -2.82. The molecule has 2 amide bonds. The molecule has 34 heavy (non-hydrogen) atoms. The lowest BCUT2D eigenvalue weighted by Gasteiger charge is -2.32. The van der Waals surface area contributed by atoms with Crippen molar-refractivity contribution in [3.63, 3.8) is 0 Å². The number of nitrogens with one attached hydrogen (secondary N) is 1. The zero-order valence-electron chi connectivity index (χ0n) is 19.5. The third-order valence-corrected chi connectivity index (χ3v) is 6.23. The first-order chi connectivity index (χ1) is 16.4. The third kappa shape index (κ3) is 7.61. The predicted octanol–water partition coefficient (Wildman–Crippen LogP) is 6.09. The molecule has 0 saturated heterocycles. The quantitative estimate of drug-likeness (QED) is 0.369. The van der Waals surface area contributed by atoms with E-state index in [1.54, 1.807) is 23.1 Å². The fraction of sp³-hybridized carbons (Fsp3) is 0.286. The number of halogens is 2. The summed E-state index contributed by atoms with van der Waals surface area (Å²) in [4.78, 5) is 28.8. The molecule has 0 aromatic heterocycles. The molecule has 1 N–H and O–H groups in total. The molecule has 0 heterocycles. The van der Waals surface area contributed by atoms with E-state index in [0.717, 1.165) is 23.1 Å². The van der Waals surface area contributed by atoms with Gasteiger partial charge in [0.05, 0.1) is 6.42 Å². The molecule has 0 unspecified atom stereocenters. The van der Waals surface area contributed by atoms with E-state index in [-0.39, 0.29) is 30.8 Å². The second-order valence-electron chi connectivity index (χ2n) is 8.48. The van der Waals surface area contributed by atoms with E-state index in [4.69, 9.17) is 23.2 Å². The van der Waals surface area contributed by atoms with Gasteiger partial charge in [-0.25, -0.2) is 0 Å². The Kier molecular flexibility index (Phi) is 9.55. The second-order valence-corrected chi connectivity index (χ2v) is 9.35. The zero-order chi connectivity index (χ0) is 24.5. The fourth-order valence-corrected chi connectivity index (χ4v) is 4.18. The Morgan fingerprint density at radius 3 is 2.06 bits per heavy atom. The van der Waals surface area contributed by atoms with E-state index in [2.05, 4.69) is 5.32 Å². The van der Waals surface area contributed by atoms with E-state index >= 15 is 0 Å². The molecule has 178 valence electrons. The third-order valence-electron chi connectivity index (χ3n) is 5.76. The van der Waals surface area contributed by atoms with Crippen LogP contribution in [0.15, 0.2) is 78.9 Å². The van der Waals surface area contributed by atoms with Crippen LogP contribution < -0.4 is 5.32 Å². The van der Waals surface area contributed by atoms with Gasteiger partial charge in [-0.1, -0.05) is 84.7 Å². The van der Waals surface area contributed by atoms with E-state index in [1.165, 1.54) is 0 Å². The summed E-state index contributed by atoms with van der Waals surface area (Å²) in [7, 11) is 0. The van der Waals surface area contributed by atoms with Crippen molar-refractivity contribution in [3.05, 3.63) is 106 Å². The summed E-state index contributed by atoms with van der Waals surface area (Å²) in [6.07, 6.45) is 1.35. The second kappa shape index (κ2) is 12.6. The highest BCUT2D eigenvalue weighted by atomic mass is 35.5. The summed E-state index contributed by atoms with van der Waals surface area (Å²) >= 11 is 12.4. The minimum Gasteiger partial charge on any atom is -0.352 e. The van der Waals surface area contributed by atoms with E-state index < -0.39 is 6.04 Å². The van der Waals surface area contributed by atoms with Crippen molar-refractivity contribution in [3.8, 4) is 0 Å². The van der Waals surface area contributed by atoms with Crippen molar-refractivity contribution >= 4 is 35.0 Å². The van der Waals surface area contributed by atoms with Crippen molar-refractivity contribution < 1.29 is 9.59 Å². The molecule has 4 nitrogen and oxygen atoms in total. The molecular weight excluding hydrogens is 467 g/mol. The maximum absolute atomic E-state index is 13.7. The Morgan fingerprint density at radius 1 is 0.853 bits per heavy atom. The number of carbonyl (C=O) groups excluding carboxylic acids is 2. The molecule has 0 radical (unpaired) electrons. The van der Waals surface area contributed by atoms with Crippen molar-refractivity contribution in [1.29, 1.82) is 0 Å². The van der Waals surface area contributed by atoms with Gasteiger partial charge in [-0.3, -0.25) is 9.59 Å². The first-order valence-corrected chi connectivity index (χ1v) is 12.2. The molecule has 3 aromatic rings. The van der Waals surface area contributed by atoms with Gasteiger partial charge in [0, 0.05) is 29.1 Å². The fourth-order valence-electron chi connectivity index (χ4n) is 3.75. The van der Waals surface area contributed by atoms with Gasteiger partial charge in [-0.05, 0) is 54.3 Å². The molecule has 6 heteroatoms. The summed E-state index contributed by atoms with van der Waals surface area (Å²) < 4.78 is 0. The Morgan fingerprint density at radius 2 is 1.44 bits per heavy atom. The number of carbonyl (C=O) groups is 2. The maximum atomic E-state index is 13.7. The van der Waals surface area contributed by atoms with Gasteiger partial charge < -0.3 is 10.2 Å². The Balaban J connectivity index is 1.97. The molecule has 0 aliphatic rings. The summed E-state index contributed by atoms with van der Waals surface area (Å²) in [5.74, 6) is -0.317. The summed E-state index contributed by atoms with van der Waals surface area (Å²) in [6.45, 7) is 4.25. The monoisotopic (exact) mass is 496 g/mol. The lowest BCUT2D eigenvalue weighted by Crippen LogP contribution is -2.52. The van der Waals surface area contributed by atoms with Crippen LogP contribution in [0.4, 0.5) is 0 Å². The molecule has 0 spiro atoms. The van der Waals surface area contributed by atoms with Gasteiger partial charge in [0.15, 0.2) is 0 Å². The lowest BCUT2D eigenvalue weighted by atomic mass is 10.0. The molecule has 2 atom stereocenters. The normalized spacial score (nSPS) is 12.6. The average molecular weight is 497 g/mol. The van der Waals surface area contributed by atoms with Crippen molar-refractivity contribution in [2.24, 2.45) is 0 Å². The van der Waals surface area contributed by atoms with Crippen molar-refractivity contribution in [1.82, 2.24) is 10.2 Å². The molecule has 3 aromatic carbocycles. The average Bonchev–Trinajstić information content (AvgIpc) is 2.81. The van der Waals surface area contributed by atoms with Crippen LogP contribution in [0.3, 0.4) is 0 Å². The molecular formula is C28H30Cl2N2O2. The van der Waals surface area contributed by atoms with Crippen LogP contribution in [-0.2, 0) is 29.0 Å². The molecule has 0 saturated carbocycles. The van der Waals surface area contributed by atoms with Gasteiger partial charge in [0.1, 0.15) is 6.04 Å². The van der Waals surface area contributed by atoms with Crippen LogP contribution in [-0.4, -0.2) is 28.8 Å². The topological polar surface area (TPSA) is 49.4 Å². The van der Waals surface area contributed by atoms with Crippen LogP contribution in [0.1, 0.15) is 37.0 Å². The molecule has 3 rings (SSSR count). The van der Waals surface area contributed by atoms with Gasteiger partial charge in [0.2, 0.25) is 11.8 Å². The van der Waals surface area contributed by atoms with Crippen LogP contribution >= 0.6 is 23.2 Å². The standard InChI is InChI=1S/C28H30Cl2N2O2/c1-3-20(2)31-28(34)26(17-21-9-5-4-6-10-21)32(19-23-12-8-14-25(30)16-23)27(33)18-22-11-7-13-24(29)15-22/h4-16,20,26H,3,17-19H2,1-2H3,(H,31,34)/t20-,26+/m0/s1. The summed E-state index contributed by atoms with van der Waals surface area (Å²) in [5, 5.41) is 4.23. The summed E-state index contributed by atoms with van der Waals surface area (Å²) in [5.41, 5.74) is 2.65. The van der Waals surface area contributed by atoms with Crippen LogP contribution in [0.2, 0.25) is 10.0 Å². The molecule has 0 aliphatic carbocycles. The smallest absolute Gasteiger partial charge is 0.243 e. The van der Waals surface area contributed by atoms with Gasteiger partial charge in [-0.2, -0.15) is 0 Å². The van der Waals surface area contributed by atoms with Gasteiger partial charge in [-0.15, -0.1) is 0 Å². The SMILES string of the molecule is CC[C@H](C)NC(=O)[C@@H](Cc1ccccc1)N(Cc1cccc(Cl)c1)C(=O)Cc1cccc(Cl)c1. The first-order valence-electron chi connectivity index (χ1n) is 11.5. The zero-order valence-corrected chi connectivity index (χ0v) is 21.0. The Bertz CT molecular complexity index is 1100. The predicted molar refractivity (Wildman–Crippen MR) is 139 cm³/mol. The van der Waals surface area contributed by atoms with Crippen LogP contribution in [0.25, 0.3) is 0 Å². The minimum absolute atomic E-state index is 0.00169. The van der Waals surface area contributed by atoms with Crippen LogP contribution in [0.5, 0.6) is 0 Å². The van der Waals surface area contributed by atoms with Gasteiger partial charge in [0.25, 0.3) is 0 Å². The maximum Gasteiger partial charge on any atom is 0.243 e. The number of rotatable bonds is 10. The highest BCUT2D eigenvalue weighted by molar-refractivity contribution is 6.30. The highest BCUT2D eigenvalue weighted by Gasteiger charge is 2.31. The van der Waals surface area contributed by atoms with E-state index in [9.17, 15) is 9.59 Å². The number of hydrogen-bond donors (Lipinski definition) is 1. The van der Waals surface area contributed by atoms with Crippen LogP contribution in [0, 0.1) is 0 Å². The number of hydrogen-bond acceptors (Lipinski definition) is 2. The van der Waals surface area contributed by atoms with Crippen molar-refractivity contribution in [2.45, 2.75) is 51.7 Å². The molecule has 0 fully saturated rings. The highest BCUT2D eigenvalue weighted by Crippen LogP contribution is 2.20. The largest absolute Gasteiger partial charge is 0.352 e. The molecule has 0 bridgehead atoms. The minimum atomic E-state index is -0.679. The van der Waals surface area contributed by atoms with E-state index in [1.807, 2.05) is 74.5 Å². The van der Waals surface area contributed by atoms with Crippen molar-refractivity contribution in [2.75, 3.05) is 0 Å².